The molecular formula is C14H21NOSi. The molecule has 0 fully saturated rings. The van der Waals surface area contributed by atoms with E-state index in [4.69, 9.17) is 5.73 Å². The van der Waals surface area contributed by atoms with Gasteiger partial charge in [0.25, 0.3) is 0 Å². The Morgan fingerprint density at radius 3 is 2.41 bits per heavy atom. The van der Waals surface area contributed by atoms with Crippen molar-refractivity contribution in [2.75, 3.05) is 0 Å². The number of benzene rings is 1. The molecule has 17 heavy (non-hydrogen) atoms. The average Bonchev–Trinajstić information content (AvgIpc) is 2.29. The van der Waals surface area contributed by atoms with Crippen LogP contribution in [0.15, 0.2) is 36.9 Å². The van der Waals surface area contributed by atoms with E-state index in [0.29, 0.717) is 6.42 Å². The van der Waals surface area contributed by atoms with Crippen LogP contribution in [0.2, 0.25) is 19.1 Å². The van der Waals surface area contributed by atoms with Crippen LogP contribution in [0.3, 0.4) is 0 Å². The minimum Gasteiger partial charge on any atom is -0.321 e. The van der Waals surface area contributed by atoms with Crippen molar-refractivity contribution in [1.82, 2.24) is 0 Å². The Balaban J connectivity index is 2.80. The predicted molar refractivity (Wildman–Crippen MR) is 76.3 cm³/mol. The first kappa shape index (κ1) is 13.9. The molecule has 0 aliphatic heterocycles. The van der Waals surface area contributed by atoms with Crippen LogP contribution in [0.5, 0.6) is 0 Å². The fraction of sp³-hybridized carbons (Fsp3) is 0.357. The highest BCUT2D eigenvalue weighted by Crippen LogP contribution is 2.11. The van der Waals surface area contributed by atoms with Crippen molar-refractivity contribution in [3.8, 4) is 0 Å². The molecule has 0 saturated carbocycles. The minimum absolute atomic E-state index is 0.390. The van der Waals surface area contributed by atoms with Crippen LogP contribution in [-0.2, 0) is 11.2 Å². The van der Waals surface area contributed by atoms with E-state index in [2.05, 4.69) is 43.9 Å². The minimum atomic E-state index is -1.37. The molecule has 0 amide bonds. The van der Waals surface area contributed by atoms with Gasteiger partial charge in [-0.1, -0.05) is 48.6 Å². The zero-order valence-corrected chi connectivity index (χ0v) is 11.6. The van der Waals surface area contributed by atoms with Gasteiger partial charge >= 0.3 is 0 Å². The number of aldehydes is 1. The van der Waals surface area contributed by atoms with Crippen LogP contribution in [0.1, 0.15) is 5.56 Å². The topological polar surface area (TPSA) is 43.1 Å². The van der Waals surface area contributed by atoms with E-state index in [1.54, 1.807) is 0 Å². The number of hydrogen-bond acceptors (Lipinski definition) is 2. The van der Waals surface area contributed by atoms with Crippen LogP contribution in [-0.4, -0.2) is 20.4 Å². The van der Waals surface area contributed by atoms with Crippen LogP contribution < -0.4 is 10.9 Å². The maximum Gasteiger partial charge on any atom is 0.137 e. The Kier molecular flexibility index (Phi) is 4.84. The summed E-state index contributed by atoms with van der Waals surface area (Å²) >= 11 is 0. The molecule has 0 saturated heterocycles. The molecule has 1 aromatic carbocycles. The van der Waals surface area contributed by atoms with Gasteiger partial charge in [0.1, 0.15) is 6.29 Å². The maximum atomic E-state index is 10.5. The van der Waals surface area contributed by atoms with Gasteiger partial charge in [-0.25, -0.2) is 0 Å². The number of allylic oxidation sites excluding steroid dienone is 1. The maximum absolute atomic E-state index is 10.5. The van der Waals surface area contributed by atoms with Gasteiger partial charge in [-0.05, 0) is 18.0 Å². The molecule has 0 bridgehead atoms. The van der Waals surface area contributed by atoms with Crippen LogP contribution in [0.4, 0.5) is 0 Å². The normalized spacial score (nSPS) is 13.1. The molecule has 3 heteroatoms. The van der Waals surface area contributed by atoms with Gasteiger partial charge < -0.3 is 10.5 Å². The van der Waals surface area contributed by atoms with Gasteiger partial charge in [0.2, 0.25) is 0 Å². The number of carbonyl (C=O) groups excluding carboxylic acids is 1. The molecule has 0 unspecified atom stereocenters. The summed E-state index contributed by atoms with van der Waals surface area (Å²) < 4.78 is 0. The summed E-state index contributed by atoms with van der Waals surface area (Å²) in [5, 5.41) is 1.42. The van der Waals surface area contributed by atoms with Crippen LogP contribution in [0.25, 0.3) is 0 Å². The van der Waals surface area contributed by atoms with E-state index in [-0.39, 0.29) is 6.04 Å². The van der Waals surface area contributed by atoms with E-state index in [1.807, 2.05) is 6.08 Å². The summed E-state index contributed by atoms with van der Waals surface area (Å²) in [6.07, 6.45) is 3.42. The lowest BCUT2D eigenvalue weighted by Gasteiger charge is -2.21. The first-order valence-electron chi connectivity index (χ1n) is 5.91. The molecule has 0 aliphatic carbocycles. The third-order valence-electron chi connectivity index (χ3n) is 3.04. The number of rotatable bonds is 6. The second kappa shape index (κ2) is 5.94. The second-order valence-electron chi connectivity index (χ2n) is 5.08. The zero-order valence-electron chi connectivity index (χ0n) is 10.6. The van der Waals surface area contributed by atoms with E-state index in [9.17, 15) is 4.79 Å². The predicted octanol–water partition coefficient (Wildman–Crippen LogP) is 1.86. The molecule has 2 nitrogen and oxygen atoms in total. The molecule has 1 atom stereocenters. The van der Waals surface area contributed by atoms with Gasteiger partial charge in [-0.3, -0.25) is 0 Å². The Labute approximate surface area is 105 Å². The lowest BCUT2D eigenvalue weighted by Crippen LogP contribution is -2.40. The summed E-state index contributed by atoms with van der Waals surface area (Å²) in [6, 6.07) is 9.19. The summed E-state index contributed by atoms with van der Waals surface area (Å²) in [4.78, 5) is 10.5. The molecule has 92 valence electrons. The first-order chi connectivity index (χ1) is 7.99. The van der Waals surface area contributed by atoms with E-state index in [1.165, 1.54) is 5.19 Å². The first-order valence-corrected chi connectivity index (χ1v) is 9.11. The number of hydrogen-bond donors (Lipinski definition) is 1. The molecule has 1 rings (SSSR count). The van der Waals surface area contributed by atoms with Crippen LogP contribution >= 0.6 is 0 Å². The standard InChI is InChI=1S/C14H21NOSi/c1-4-9-17(2,3)14-7-5-12(6-8-14)10-13(15)11-16/h4-8,11,13H,1,9-10,15H2,2-3H3/t13-/m0/s1. The van der Waals surface area contributed by atoms with Gasteiger partial charge in [0.05, 0.1) is 14.1 Å². The fourth-order valence-electron chi connectivity index (χ4n) is 1.89. The molecular weight excluding hydrogens is 226 g/mol. The Bertz CT molecular complexity index is 384. The second-order valence-corrected chi connectivity index (χ2v) is 9.83. The molecule has 0 aliphatic rings. The smallest absolute Gasteiger partial charge is 0.137 e. The summed E-state index contributed by atoms with van der Waals surface area (Å²) in [5.74, 6) is 0. The lowest BCUT2D eigenvalue weighted by molar-refractivity contribution is -0.108. The molecule has 0 radical (unpaired) electrons. The van der Waals surface area contributed by atoms with Crippen molar-refractivity contribution in [3.05, 3.63) is 42.5 Å². The van der Waals surface area contributed by atoms with E-state index in [0.717, 1.165) is 17.9 Å². The third kappa shape index (κ3) is 3.95. The Morgan fingerprint density at radius 2 is 1.94 bits per heavy atom. The highest BCUT2D eigenvalue weighted by atomic mass is 28.3. The SMILES string of the molecule is C=CC[Si](C)(C)c1ccc(C[C@H](N)C=O)cc1. The quantitative estimate of drug-likeness (QED) is 0.474. The summed E-state index contributed by atoms with van der Waals surface area (Å²) in [6.45, 7) is 8.49. The molecule has 0 spiro atoms. The average molecular weight is 247 g/mol. The molecule has 0 heterocycles. The van der Waals surface area contributed by atoms with Crippen molar-refractivity contribution >= 4 is 19.5 Å². The Morgan fingerprint density at radius 1 is 1.35 bits per heavy atom. The summed E-state index contributed by atoms with van der Waals surface area (Å²) in [5.41, 5.74) is 6.73. The zero-order chi connectivity index (χ0) is 12.9. The van der Waals surface area contributed by atoms with Gasteiger partial charge in [0.15, 0.2) is 0 Å². The number of nitrogens with two attached hydrogens (primary N) is 1. The molecule has 0 aromatic heterocycles. The van der Waals surface area contributed by atoms with Crippen LogP contribution in [0, 0.1) is 0 Å². The van der Waals surface area contributed by atoms with Crippen molar-refractivity contribution in [2.24, 2.45) is 5.73 Å². The Hall–Kier alpha value is -1.19. The van der Waals surface area contributed by atoms with E-state index < -0.39 is 8.07 Å². The van der Waals surface area contributed by atoms with E-state index >= 15 is 0 Å². The largest absolute Gasteiger partial charge is 0.321 e. The van der Waals surface area contributed by atoms with Gasteiger partial charge in [-0.2, -0.15) is 0 Å². The van der Waals surface area contributed by atoms with Gasteiger partial charge in [-0.15, -0.1) is 6.58 Å². The lowest BCUT2D eigenvalue weighted by atomic mass is 10.1. The fourth-order valence-corrected chi connectivity index (χ4v) is 3.92. The van der Waals surface area contributed by atoms with Crippen molar-refractivity contribution in [1.29, 1.82) is 0 Å². The third-order valence-corrected chi connectivity index (χ3v) is 6.24. The highest BCUT2D eigenvalue weighted by molar-refractivity contribution is 6.90. The molecule has 1 aromatic rings. The van der Waals surface area contributed by atoms with Crippen molar-refractivity contribution in [2.45, 2.75) is 31.6 Å². The monoisotopic (exact) mass is 247 g/mol. The molecule has 2 N–H and O–H groups in total. The van der Waals surface area contributed by atoms with Crippen molar-refractivity contribution < 1.29 is 4.79 Å². The highest BCUT2D eigenvalue weighted by Gasteiger charge is 2.21. The van der Waals surface area contributed by atoms with Gasteiger partial charge in [0, 0.05) is 0 Å². The summed E-state index contributed by atoms with van der Waals surface area (Å²) in [7, 11) is -1.37. The van der Waals surface area contributed by atoms with Crippen molar-refractivity contribution in [3.63, 3.8) is 0 Å². The number of carbonyl (C=O) groups is 1.